The van der Waals surface area contributed by atoms with Crippen molar-refractivity contribution in [3.8, 4) is 5.75 Å². The van der Waals surface area contributed by atoms with Crippen molar-refractivity contribution in [1.29, 1.82) is 0 Å². The van der Waals surface area contributed by atoms with Crippen LogP contribution in [0.4, 0.5) is 5.69 Å². The molecule has 0 spiro atoms. The molecule has 4 rings (SSSR count). The van der Waals surface area contributed by atoms with Crippen molar-refractivity contribution < 1.29 is 14.3 Å². The fourth-order valence-electron chi connectivity index (χ4n) is 4.05. The summed E-state index contributed by atoms with van der Waals surface area (Å²) in [6, 6.07) is 23.1. The van der Waals surface area contributed by atoms with Gasteiger partial charge in [0.1, 0.15) is 23.9 Å². The highest BCUT2D eigenvalue weighted by Crippen LogP contribution is 2.30. The third kappa shape index (κ3) is 5.71. The quantitative estimate of drug-likeness (QED) is 0.360. The second kappa shape index (κ2) is 11.5. The fourth-order valence-corrected chi connectivity index (χ4v) is 4.05. The van der Waals surface area contributed by atoms with Crippen LogP contribution in [0.3, 0.4) is 0 Å². The first kappa shape index (κ1) is 24.9. The van der Waals surface area contributed by atoms with Gasteiger partial charge >= 0.3 is 0 Å². The Kier molecular flexibility index (Phi) is 7.95. The number of fused-ring (bicyclic) bond motifs is 1. The number of para-hydroxylation sites is 2. The number of nitrogens with zero attached hydrogens (tertiary/aromatic N) is 4. The Hall–Kier alpha value is -4.20. The molecule has 0 saturated carbocycles. The third-order valence-electron chi connectivity index (χ3n) is 5.97. The smallest absolute Gasteiger partial charge is 0.249 e. The van der Waals surface area contributed by atoms with Gasteiger partial charge in [0.15, 0.2) is 0 Å². The number of benzene rings is 3. The van der Waals surface area contributed by atoms with E-state index in [1.807, 2.05) is 66.7 Å². The standard InChI is InChI=1S/C28H31N5O3/c1-20(2)17-18-29-28(35)27(21-13-15-23(36-3)16-14-21)33(22-9-5-4-6-10-22)26(34)19-32-25-12-8-7-11-24(25)30-31-32/h4-16,20,27H,17-19H2,1-3H3,(H,29,35). The van der Waals surface area contributed by atoms with Crippen LogP contribution in [-0.2, 0) is 16.1 Å². The van der Waals surface area contributed by atoms with E-state index in [1.54, 1.807) is 28.8 Å². The number of ether oxygens (including phenoxy) is 1. The number of hydrogen-bond donors (Lipinski definition) is 1. The summed E-state index contributed by atoms with van der Waals surface area (Å²) in [4.78, 5) is 29.1. The van der Waals surface area contributed by atoms with Gasteiger partial charge in [-0.05, 0) is 54.3 Å². The minimum atomic E-state index is -0.882. The molecule has 2 amide bonds. The average Bonchev–Trinajstić information content (AvgIpc) is 3.30. The van der Waals surface area contributed by atoms with Crippen LogP contribution in [0.1, 0.15) is 31.9 Å². The molecule has 3 aromatic carbocycles. The van der Waals surface area contributed by atoms with Crippen LogP contribution in [0.2, 0.25) is 0 Å². The number of carbonyl (C=O) groups is 2. The highest BCUT2D eigenvalue weighted by Gasteiger charge is 2.33. The number of nitrogens with one attached hydrogen (secondary N) is 1. The van der Waals surface area contributed by atoms with Crippen molar-refractivity contribution in [2.75, 3.05) is 18.6 Å². The van der Waals surface area contributed by atoms with Gasteiger partial charge in [0.05, 0.1) is 12.6 Å². The van der Waals surface area contributed by atoms with Crippen molar-refractivity contribution in [1.82, 2.24) is 20.3 Å². The van der Waals surface area contributed by atoms with Crippen LogP contribution in [0.15, 0.2) is 78.9 Å². The molecule has 0 bridgehead atoms. The van der Waals surface area contributed by atoms with Crippen LogP contribution >= 0.6 is 0 Å². The van der Waals surface area contributed by atoms with E-state index in [0.717, 1.165) is 11.9 Å². The fraction of sp³-hybridized carbons (Fsp3) is 0.286. The molecule has 1 atom stereocenters. The molecule has 0 aliphatic carbocycles. The minimum Gasteiger partial charge on any atom is -0.497 e. The lowest BCUT2D eigenvalue weighted by molar-refractivity contribution is -0.127. The number of amides is 2. The van der Waals surface area contributed by atoms with Gasteiger partial charge < -0.3 is 10.1 Å². The first-order valence-corrected chi connectivity index (χ1v) is 12.0. The monoisotopic (exact) mass is 485 g/mol. The summed E-state index contributed by atoms with van der Waals surface area (Å²) in [6.07, 6.45) is 0.839. The van der Waals surface area contributed by atoms with Gasteiger partial charge in [0.2, 0.25) is 11.8 Å². The van der Waals surface area contributed by atoms with Gasteiger partial charge in [0.25, 0.3) is 0 Å². The van der Waals surface area contributed by atoms with E-state index in [4.69, 9.17) is 4.74 Å². The van der Waals surface area contributed by atoms with Crippen LogP contribution in [0.25, 0.3) is 11.0 Å². The first-order valence-electron chi connectivity index (χ1n) is 12.0. The summed E-state index contributed by atoms with van der Waals surface area (Å²) in [6.45, 7) is 4.67. The molecule has 4 aromatic rings. The third-order valence-corrected chi connectivity index (χ3v) is 5.97. The average molecular weight is 486 g/mol. The molecule has 0 aliphatic rings. The Morgan fingerprint density at radius 2 is 1.67 bits per heavy atom. The number of aromatic nitrogens is 3. The lowest BCUT2D eigenvalue weighted by Crippen LogP contribution is -2.45. The van der Waals surface area contributed by atoms with E-state index in [9.17, 15) is 9.59 Å². The molecule has 8 heteroatoms. The summed E-state index contributed by atoms with van der Waals surface area (Å²) in [5, 5.41) is 11.4. The van der Waals surface area contributed by atoms with E-state index in [0.29, 0.717) is 35.0 Å². The molecular formula is C28H31N5O3. The number of carbonyl (C=O) groups excluding carboxylic acids is 2. The Morgan fingerprint density at radius 1 is 0.972 bits per heavy atom. The number of hydrogen-bond acceptors (Lipinski definition) is 5. The summed E-state index contributed by atoms with van der Waals surface area (Å²) >= 11 is 0. The van der Waals surface area contributed by atoms with Crippen LogP contribution < -0.4 is 15.0 Å². The van der Waals surface area contributed by atoms with E-state index in [2.05, 4.69) is 29.5 Å². The number of rotatable bonds is 10. The lowest BCUT2D eigenvalue weighted by Gasteiger charge is -2.31. The molecule has 0 saturated heterocycles. The molecular weight excluding hydrogens is 454 g/mol. The summed E-state index contributed by atoms with van der Waals surface area (Å²) in [5.74, 6) is 0.583. The Balaban J connectivity index is 1.74. The van der Waals surface area contributed by atoms with Gasteiger partial charge in [-0.15, -0.1) is 5.10 Å². The predicted octanol–water partition coefficient (Wildman–Crippen LogP) is 4.38. The zero-order valence-corrected chi connectivity index (χ0v) is 20.8. The van der Waals surface area contributed by atoms with Gasteiger partial charge in [-0.3, -0.25) is 14.5 Å². The second-order valence-electron chi connectivity index (χ2n) is 8.98. The van der Waals surface area contributed by atoms with E-state index < -0.39 is 6.04 Å². The number of methoxy groups -OCH3 is 1. The summed E-state index contributed by atoms with van der Waals surface area (Å²) in [5.41, 5.74) is 2.75. The Labute approximate surface area is 210 Å². The molecule has 0 aliphatic heterocycles. The largest absolute Gasteiger partial charge is 0.497 e. The van der Waals surface area contributed by atoms with Crippen molar-refractivity contribution in [3.63, 3.8) is 0 Å². The highest BCUT2D eigenvalue weighted by molar-refractivity contribution is 6.01. The van der Waals surface area contributed by atoms with Gasteiger partial charge in [-0.1, -0.05) is 61.5 Å². The van der Waals surface area contributed by atoms with Crippen molar-refractivity contribution in [2.45, 2.75) is 32.9 Å². The van der Waals surface area contributed by atoms with Gasteiger partial charge in [-0.25, -0.2) is 4.68 Å². The molecule has 186 valence electrons. The van der Waals surface area contributed by atoms with E-state index in [1.165, 1.54) is 0 Å². The minimum absolute atomic E-state index is 0.0681. The lowest BCUT2D eigenvalue weighted by atomic mass is 10.0. The van der Waals surface area contributed by atoms with Crippen molar-refractivity contribution >= 4 is 28.5 Å². The van der Waals surface area contributed by atoms with Crippen molar-refractivity contribution in [3.05, 3.63) is 84.4 Å². The maximum Gasteiger partial charge on any atom is 0.249 e. The molecule has 1 heterocycles. The Bertz CT molecular complexity index is 1300. The zero-order valence-electron chi connectivity index (χ0n) is 20.8. The molecule has 36 heavy (non-hydrogen) atoms. The van der Waals surface area contributed by atoms with Gasteiger partial charge in [-0.2, -0.15) is 0 Å². The van der Waals surface area contributed by atoms with E-state index in [-0.39, 0.29) is 18.4 Å². The molecule has 1 unspecified atom stereocenters. The SMILES string of the molecule is COc1ccc(C(C(=O)NCCC(C)C)N(C(=O)Cn2nnc3ccccc32)c2ccccc2)cc1. The maximum absolute atomic E-state index is 13.9. The highest BCUT2D eigenvalue weighted by atomic mass is 16.5. The summed E-state index contributed by atoms with van der Waals surface area (Å²) in [7, 11) is 1.59. The normalized spacial score (nSPS) is 11.9. The summed E-state index contributed by atoms with van der Waals surface area (Å²) < 4.78 is 6.87. The maximum atomic E-state index is 13.9. The van der Waals surface area contributed by atoms with Crippen molar-refractivity contribution in [2.24, 2.45) is 5.92 Å². The van der Waals surface area contributed by atoms with Crippen LogP contribution in [0, 0.1) is 5.92 Å². The predicted molar refractivity (Wildman–Crippen MR) is 140 cm³/mol. The Morgan fingerprint density at radius 3 is 2.36 bits per heavy atom. The topological polar surface area (TPSA) is 89.4 Å². The van der Waals surface area contributed by atoms with Crippen LogP contribution in [0.5, 0.6) is 5.75 Å². The first-order chi connectivity index (χ1) is 17.5. The number of anilines is 1. The second-order valence-corrected chi connectivity index (χ2v) is 8.98. The molecule has 0 fully saturated rings. The molecule has 0 radical (unpaired) electrons. The molecule has 8 nitrogen and oxygen atoms in total. The van der Waals surface area contributed by atoms with Crippen LogP contribution in [-0.4, -0.2) is 40.5 Å². The molecule has 1 aromatic heterocycles. The zero-order chi connectivity index (χ0) is 25.5. The van der Waals surface area contributed by atoms with Gasteiger partial charge in [0, 0.05) is 12.2 Å². The molecule has 1 N–H and O–H groups in total. The van der Waals surface area contributed by atoms with E-state index >= 15 is 0 Å².